The maximum Gasteiger partial charge on any atom is 0.150 e. The first-order chi connectivity index (χ1) is 10.6. The average Bonchev–Trinajstić information content (AvgIpc) is 3.07. The first-order valence-corrected chi connectivity index (χ1v) is 7.33. The molecule has 0 aliphatic heterocycles. The van der Waals surface area contributed by atoms with Crippen LogP contribution in [0.5, 0.6) is 0 Å². The van der Waals surface area contributed by atoms with E-state index in [4.69, 9.17) is 9.51 Å². The van der Waals surface area contributed by atoms with Crippen LogP contribution in [0, 0.1) is 13.8 Å². The minimum absolute atomic E-state index is 0.716. The van der Waals surface area contributed by atoms with Gasteiger partial charge in [-0.1, -0.05) is 35.5 Å². The lowest BCUT2D eigenvalue weighted by molar-refractivity contribution is 0.263. The lowest BCUT2D eigenvalue weighted by Gasteiger charge is -2.13. The third kappa shape index (κ3) is 3.26. The summed E-state index contributed by atoms with van der Waals surface area (Å²) in [5.74, 6) is 1.79. The van der Waals surface area contributed by atoms with Crippen molar-refractivity contribution < 1.29 is 4.52 Å². The molecule has 0 radical (unpaired) electrons. The van der Waals surface area contributed by atoms with E-state index in [0.29, 0.717) is 6.54 Å². The Hall–Kier alpha value is -2.40. The van der Waals surface area contributed by atoms with Crippen LogP contribution < -0.4 is 0 Å². The van der Waals surface area contributed by atoms with Crippen LogP contribution in [0.25, 0.3) is 11.4 Å². The van der Waals surface area contributed by atoms with Gasteiger partial charge in [0.15, 0.2) is 5.76 Å². The summed E-state index contributed by atoms with van der Waals surface area (Å²) in [6, 6.07) is 12.1. The topological polar surface area (TPSA) is 58.0 Å². The molecule has 0 fully saturated rings. The normalized spacial score (nSPS) is 11.3. The number of aromatic nitrogens is 3. The van der Waals surface area contributed by atoms with Crippen molar-refractivity contribution in [3.05, 3.63) is 59.2 Å². The van der Waals surface area contributed by atoms with Gasteiger partial charge in [-0.2, -0.15) is 0 Å². The first-order valence-electron chi connectivity index (χ1n) is 7.33. The summed E-state index contributed by atoms with van der Waals surface area (Å²) in [6.45, 7) is 5.46. The lowest BCUT2D eigenvalue weighted by Crippen LogP contribution is -2.17. The number of nitrogens with one attached hydrogen (secondary N) is 1. The highest BCUT2D eigenvalue weighted by molar-refractivity contribution is 5.55. The largest absolute Gasteiger partial charge is 0.360 e. The molecule has 2 heterocycles. The molecule has 5 heteroatoms. The zero-order valence-corrected chi connectivity index (χ0v) is 13.1. The van der Waals surface area contributed by atoms with E-state index in [2.05, 4.69) is 34.1 Å². The Bertz CT molecular complexity index is 745. The van der Waals surface area contributed by atoms with E-state index >= 15 is 0 Å². The van der Waals surface area contributed by atoms with Crippen LogP contribution in [-0.2, 0) is 13.1 Å². The van der Waals surface area contributed by atoms with Crippen molar-refractivity contribution >= 4 is 0 Å². The third-order valence-corrected chi connectivity index (χ3v) is 3.55. The summed E-state index contributed by atoms with van der Waals surface area (Å²) >= 11 is 0. The molecule has 0 aliphatic carbocycles. The number of aryl methyl sites for hydroxylation is 2. The summed E-state index contributed by atoms with van der Waals surface area (Å²) < 4.78 is 5.26. The van der Waals surface area contributed by atoms with Crippen molar-refractivity contribution in [2.24, 2.45) is 0 Å². The van der Waals surface area contributed by atoms with Gasteiger partial charge in [0.1, 0.15) is 5.82 Å². The quantitative estimate of drug-likeness (QED) is 0.784. The molecule has 3 aromatic rings. The second-order valence-electron chi connectivity index (χ2n) is 5.63. The lowest BCUT2D eigenvalue weighted by atomic mass is 10.2. The van der Waals surface area contributed by atoms with Gasteiger partial charge in [0.05, 0.1) is 17.9 Å². The van der Waals surface area contributed by atoms with Crippen molar-refractivity contribution in [2.45, 2.75) is 26.9 Å². The van der Waals surface area contributed by atoms with Crippen molar-refractivity contribution in [1.29, 1.82) is 0 Å². The molecule has 1 N–H and O–H groups in total. The fraction of sp³-hybridized carbons (Fsp3) is 0.294. The van der Waals surface area contributed by atoms with Gasteiger partial charge in [0, 0.05) is 23.9 Å². The van der Waals surface area contributed by atoms with E-state index in [9.17, 15) is 0 Å². The summed E-state index contributed by atoms with van der Waals surface area (Å²) in [5.41, 5.74) is 4.16. The molecule has 0 saturated heterocycles. The predicted octanol–water partition coefficient (Wildman–Crippen LogP) is 3.31. The van der Waals surface area contributed by atoms with Crippen LogP contribution in [-0.4, -0.2) is 27.1 Å². The van der Waals surface area contributed by atoms with E-state index in [1.165, 1.54) is 0 Å². The fourth-order valence-electron chi connectivity index (χ4n) is 2.45. The zero-order chi connectivity index (χ0) is 15.5. The molecule has 0 spiro atoms. The second-order valence-corrected chi connectivity index (χ2v) is 5.63. The number of benzene rings is 1. The van der Waals surface area contributed by atoms with Crippen molar-refractivity contribution in [1.82, 2.24) is 20.0 Å². The van der Waals surface area contributed by atoms with Gasteiger partial charge in [-0.25, -0.2) is 4.98 Å². The van der Waals surface area contributed by atoms with Gasteiger partial charge >= 0.3 is 0 Å². The number of hydrogen-bond donors (Lipinski definition) is 1. The van der Waals surface area contributed by atoms with E-state index in [1.54, 1.807) is 0 Å². The Kier molecular flexibility index (Phi) is 4.06. The van der Waals surface area contributed by atoms with Crippen LogP contribution in [0.1, 0.15) is 22.8 Å². The second kappa shape index (κ2) is 6.15. The van der Waals surface area contributed by atoms with Crippen molar-refractivity contribution in [2.75, 3.05) is 7.05 Å². The van der Waals surface area contributed by atoms with Crippen LogP contribution in [0.3, 0.4) is 0 Å². The monoisotopic (exact) mass is 296 g/mol. The van der Waals surface area contributed by atoms with Gasteiger partial charge < -0.3 is 9.51 Å². The molecule has 0 saturated carbocycles. The van der Waals surface area contributed by atoms with Gasteiger partial charge in [0.2, 0.25) is 0 Å². The highest BCUT2D eigenvalue weighted by Gasteiger charge is 2.12. The summed E-state index contributed by atoms with van der Waals surface area (Å²) in [6.07, 6.45) is 0. The average molecular weight is 296 g/mol. The molecule has 0 bridgehead atoms. The minimum Gasteiger partial charge on any atom is -0.360 e. The smallest absolute Gasteiger partial charge is 0.150 e. The molecular weight excluding hydrogens is 276 g/mol. The summed E-state index contributed by atoms with van der Waals surface area (Å²) in [7, 11) is 2.05. The standard InChI is InChI=1S/C17H20N4O/c1-12-9-15(22-20-12)10-21(3)11-16-13(2)18-17(19-16)14-7-5-4-6-8-14/h4-9H,10-11H2,1-3H3,(H,18,19). The highest BCUT2D eigenvalue weighted by atomic mass is 16.5. The van der Waals surface area contributed by atoms with Gasteiger partial charge in [0.25, 0.3) is 0 Å². The van der Waals surface area contributed by atoms with E-state index in [0.717, 1.165) is 40.8 Å². The molecule has 0 amide bonds. The number of nitrogens with zero attached hydrogens (tertiary/aromatic N) is 3. The number of rotatable bonds is 5. The van der Waals surface area contributed by atoms with Crippen LogP contribution in [0.4, 0.5) is 0 Å². The van der Waals surface area contributed by atoms with Gasteiger partial charge in [-0.15, -0.1) is 0 Å². The number of H-pyrrole nitrogens is 1. The Morgan fingerprint density at radius 2 is 1.91 bits per heavy atom. The third-order valence-electron chi connectivity index (χ3n) is 3.55. The molecule has 0 unspecified atom stereocenters. The summed E-state index contributed by atoms with van der Waals surface area (Å²) in [4.78, 5) is 10.2. The molecule has 114 valence electrons. The van der Waals surface area contributed by atoms with Crippen LogP contribution >= 0.6 is 0 Å². The van der Waals surface area contributed by atoms with Crippen molar-refractivity contribution in [3.63, 3.8) is 0 Å². The molecule has 22 heavy (non-hydrogen) atoms. The molecule has 5 nitrogen and oxygen atoms in total. The maximum absolute atomic E-state index is 5.26. The Morgan fingerprint density at radius 3 is 2.59 bits per heavy atom. The van der Waals surface area contributed by atoms with Crippen LogP contribution in [0.2, 0.25) is 0 Å². The SMILES string of the molecule is Cc1cc(CN(C)Cc2nc(-c3ccccc3)[nH]c2C)on1. The zero-order valence-electron chi connectivity index (χ0n) is 13.1. The van der Waals surface area contributed by atoms with Gasteiger partial charge in [-0.3, -0.25) is 4.90 Å². The van der Waals surface area contributed by atoms with E-state index in [-0.39, 0.29) is 0 Å². The molecule has 3 rings (SSSR count). The Morgan fingerprint density at radius 1 is 1.14 bits per heavy atom. The van der Waals surface area contributed by atoms with Crippen LogP contribution in [0.15, 0.2) is 40.9 Å². The van der Waals surface area contributed by atoms with Crippen molar-refractivity contribution in [3.8, 4) is 11.4 Å². The number of aromatic amines is 1. The molecule has 0 atom stereocenters. The Labute approximate surface area is 130 Å². The van der Waals surface area contributed by atoms with E-state index in [1.807, 2.05) is 38.2 Å². The highest BCUT2D eigenvalue weighted by Crippen LogP contribution is 2.18. The number of hydrogen-bond acceptors (Lipinski definition) is 4. The Balaban J connectivity index is 1.71. The minimum atomic E-state index is 0.716. The molecule has 0 aliphatic rings. The number of imidazole rings is 1. The molecular formula is C17H20N4O. The van der Waals surface area contributed by atoms with E-state index < -0.39 is 0 Å². The maximum atomic E-state index is 5.26. The molecule has 2 aromatic heterocycles. The molecule has 1 aromatic carbocycles. The summed E-state index contributed by atoms with van der Waals surface area (Å²) in [5, 5.41) is 3.91. The predicted molar refractivity (Wildman–Crippen MR) is 85.2 cm³/mol. The first kappa shape index (κ1) is 14.5. The van der Waals surface area contributed by atoms with Gasteiger partial charge in [-0.05, 0) is 20.9 Å². The fourth-order valence-corrected chi connectivity index (χ4v) is 2.45.